The lowest BCUT2D eigenvalue weighted by molar-refractivity contribution is 0.164. The zero-order valence-corrected chi connectivity index (χ0v) is 12.0. The van der Waals surface area contributed by atoms with Crippen molar-refractivity contribution in [1.82, 2.24) is 14.2 Å². The molecule has 1 fully saturated rings. The largest absolute Gasteiger partial charge is 0.329 e. The number of rotatable bonds is 3. The first-order chi connectivity index (χ1) is 9.50. The van der Waals surface area contributed by atoms with E-state index in [2.05, 4.69) is 4.98 Å². The highest BCUT2D eigenvalue weighted by molar-refractivity contribution is 7.89. The van der Waals surface area contributed by atoms with Gasteiger partial charge in [-0.15, -0.1) is 0 Å². The van der Waals surface area contributed by atoms with Crippen molar-refractivity contribution in [3.8, 4) is 6.07 Å². The summed E-state index contributed by atoms with van der Waals surface area (Å²) in [4.78, 5) is 5.80. The smallest absolute Gasteiger partial charge is 0.246 e. The summed E-state index contributed by atoms with van der Waals surface area (Å²) in [5.74, 6) is 0. The third-order valence-electron chi connectivity index (χ3n) is 3.37. The molecule has 1 aromatic rings. The van der Waals surface area contributed by atoms with Gasteiger partial charge in [-0.3, -0.25) is 0 Å². The molecule has 1 atom stereocenters. The third kappa shape index (κ3) is 2.66. The van der Waals surface area contributed by atoms with Gasteiger partial charge in [0.2, 0.25) is 10.0 Å². The van der Waals surface area contributed by atoms with Crippen LogP contribution in [0.5, 0.6) is 0 Å². The fourth-order valence-electron chi connectivity index (χ4n) is 2.31. The molecule has 0 spiro atoms. The summed E-state index contributed by atoms with van der Waals surface area (Å²) in [7, 11) is -1.82. The van der Waals surface area contributed by atoms with E-state index in [0.29, 0.717) is 19.6 Å². The zero-order chi connectivity index (χ0) is 14.8. The minimum atomic E-state index is -3.75. The van der Waals surface area contributed by atoms with Crippen LogP contribution >= 0.6 is 0 Å². The molecule has 1 unspecified atom stereocenters. The number of aromatic nitrogens is 1. The van der Waals surface area contributed by atoms with Crippen molar-refractivity contribution in [1.29, 1.82) is 5.26 Å². The number of pyridine rings is 1. The maximum absolute atomic E-state index is 12.7. The van der Waals surface area contributed by atoms with Crippen LogP contribution in [0.15, 0.2) is 23.2 Å². The first kappa shape index (κ1) is 14.9. The molecular formula is C12H17N5O2S. The van der Waals surface area contributed by atoms with Crippen LogP contribution < -0.4 is 5.73 Å². The quantitative estimate of drug-likeness (QED) is 0.784. The van der Waals surface area contributed by atoms with Crippen molar-refractivity contribution < 1.29 is 8.42 Å². The second-order valence-corrected chi connectivity index (χ2v) is 6.59. The van der Waals surface area contributed by atoms with E-state index < -0.39 is 10.0 Å². The van der Waals surface area contributed by atoms with Crippen molar-refractivity contribution in [2.24, 2.45) is 5.73 Å². The van der Waals surface area contributed by atoms with Crippen LogP contribution in [0.2, 0.25) is 0 Å². The molecule has 1 aliphatic heterocycles. The fourth-order valence-corrected chi connectivity index (χ4v) is 4.02. The lowest BCUT2D eigenvalue weighted by Crippen LogP contribution is -2.56. The third-order valence-corrected chi connectivity index (χ3v) is 5.35. The summed E-state index contributed by atoms with van der Waals surface area (Å²) in [5, 5.41) is 9.02. The van der Waals surface area contributed by atoms with E-state index in [-0.39, 0.29) is 23.2 Å². The minimum Gasteiger partial charge on any atom is -0.329 e. The van der Waals surface area contributed by atoms with E-state index in [1.165, 1.54) is 22.6 Å². The van der Waals surface area contributed by atoms with Crippen molar-refractivity contribution in [3.63, 3.8) is 0 Å². The molecule has 8 heteroatoms. The lowest BCUT2D eigenvalue weighted by Gasteiger charge is -2.38. The van der Waals surface area contributed by atoms with Gasteiger partial charge in [0, 0.05) is 32.4 Å². The van der Waals surface area contributed by atoms with Crippen LogP contribution in [-0.4, -0.2) is 61.9 Å². The van der Waals surface area contributed by atoms with Crippen LogP contribution in [-0.2, 0) is 10.0 Å². The molecule has 1 aromatic heterocycles. The fraction of sp³-hybridized carbons (Fsp3) is 0.500. The maximum Gasteiger partial charge on any atom is 0.246 e. The molecule has 0 radical (unpaired) electrons. The molecule has 2 N–H and O–H groups in total. The standard InChI is InChI=1S/C12H17N5O2S/c1-16-5-6-17(10(7-13)9-16)20(18,19)12-3-2-4-15-11(12)8-14/h2-4,10H,5-7,9,13H2,1H3. The molecular weight excluding hydrogens is 278 g/mol. The van der Waals surface area contributed by atoms with Crippen LogP contribution in [0.3, 0.4) is 0 Å². The van der Waals surface area contributed by atoms with Crippen LogP contribution in [0.1, 0.15) is 5.69 Å². The summed E-state index contributed by atoms with van der Waals surface area (Å²) < 4.78 is 26.8. The van der Waals surface area contributed by atoms with Gasteiger partial charge in [0.05, 0.1) is 6.04 Å². The van der Waals surface area contributed by atoms with E-state index in [1.807, 2.05) is 18.0 Å². The SMILES string of the molecule is CN1CCN(S(=O)(=O)c2cccnc2C#N)C(CN)C1. The Morgan fingerprint density at radius 2 is 2.30 bits per heavy atom. The molecule has 0 aromatic carbocycles. The highest BCUT2D eigenvalue weighted by Gasteiger charge is 2.35. The van der Waals surface area contributed by atoms with Gasteiger partial charge in [0.15, 0.2) is 5.69 Å². The monoisotopic (exact) mass is 295 g/mol. The molecule has 2 heterocycles. The highest BCUT2D eigenvalue weighted by Crippen LogP contribution is 2.22. The Bertz CT molecular complexity index is 625. The Morgan fingerprint density at radius 3 is 2.95 bits per heavy atom. The van der Waals surface area contributed by atoms with Crippen molar-refractivity contribution in [2.75, 3.05) is 33.2 Å². The Hall–Kier alpha value is -1.53. The van der Waals surface area contributed by atoms with Gasteiger partial charge in [-0.2, -0.15) is 9.57 Å². The first-order valence-electron chi connectivity index (χ1n) is 6.26. The van der Waals surface area contributed by atoms with E-state index in [4.69, 9.17) is 11.0 Å². The maximum atomic E-state index is 12.7. The van der Waals surface area contributed by atoms with Crippen LogP contribution in [0.4, 0.5) is 0 Å². The van der Waals surface area contributed by atoms with Gasteiger partial charge >= 0.3 is 0 Å². The van der Waals surface area contributed by atoms with Crippen LogP contribution in [0, 0.1) is 11.3 Å². The normalized spacial score (nSPS) is 21.6. The Balaban J connectivity index is 2.42. The second-order valence-electron chi connectivity index (χ2n) is 4.73. The second kappa shape index (κ2) is 5.85. The number of likely N-dealkylation sites (N-methyl/N-ethyl adjacent to an activating group) is 1. The van der Waals surface area contributed by atoms with Gasteiger partial charge in [0.1, 0.15) is 11.0 Å². The Labute approximate surface area is 118 Å². The van der Waals surface area contributed by atoms with Gasteiger partial charge in [-0.25, -0.2) is 13.4 Å². The van der Waals surface area contributed by atoms with Crippen molar-refractivity contribution in [3.05, 3.63) is 24.0 Å². The predicted molar refractivity (Wildman–Crippen MR) is 73.2 cm³/mol. The summed E-state index contributed by atoms with van der Waals surface area (Å²) >= 11 is 0. The lowest BCUT2D eigenvalue weighted by atomic mass is 10.2. The predicted octanol–water partition coefficient (Wildman–Crippen LogP) is -0.783. The topological polar surface area (TPSA) is 103 Å². The van der Waals surface area contributed by atoms with Crippen molar-refractivity contribution in [2.45, 2.75) is 10.9 Å². The number of hydrogen-bond acceptors (Lipinski definition) is 6. The Kier molecular flexibility index (Phi) is 4.35. The molecule has 7 nitrogen and oxygen atoms in total. The zero-order valence-electron chi connectivity index (χ0n) is 11.2. The molecule has 0 amide bonds. The minimum absolute atomic E-state index is 0.0505. The van der Waals surface area contributed by atoms with E-state index in [9.17, 15) is 8.42 Å². The number of nitriles is 1. The molecule has 1 saturated heterocycles. The summed E-state index contributed by atoms with van der Waals surface area (Å²) in [6, 6.07) is 4.46. The number of nitrogens with two attached hydrogens (primary N) is 1. The molecule has 20 heavy (non-hydrogen) atoms. The van der Waals surface area contributed by atoms with Crippen LogP contribution in [0.25, 0.3) is 0 Å². The molecule has 108 valence electrons. The molecule has 1 aliphatic rings. The summed E-state index contributed by atoms with van der Waals surface area (Å²) in [6.07, 6.45) is 1.40. The summed E-state index contributed by atoms with van der Waals surface area (Å²) in [5.41, 5.74) is 5.61. The number of nitrogens with zero attached hydrogens (tertiary/aromatic N) is 4. The first-order valence-corrected chi connectivity index (χ1v) is 7.70. The van der Waals surface area contributed by atoms with E-state index in [0.717, 1.165) is 0 Å². The highest BCUT2D eigenvalue weighted by atomic mass is 32.2. The molecule has 0 saturated carbocycles. The number of piperazine rings is 1. The molecule has 0 bridgehead atoms. The van der Waals surface area contributed by atoms with E-state index >= 15 is 0 Å². The van der Waals surface area contributed by atoms with E-state index in [1.54, 1.807) is 0 Å². The van der Waals surface area contributed by atoms with Gasteiger partial charge in [0.25, 0.3) is 0 Å². The molecule has 2 rings (SSSR count). The Morgan fingerprint density at radius 1 is 1.55 bits per heavy atom. The van der Waals surface area contributed by atoms with Crippen molar-refractivity contribution >= 4 is 10.0 Å². The number of hydrogen-bond donors (Lipinski definition) is 1. The van der Waals surface area contributed by atoms with Gasteiger partial charge in [-0.05, 0) is 19.2 Å². The average Bonchev–Trinajstić information content (AvgIpc) is 2.46. The average molecular weight is 295 g/mol. The number of sulfonamides is 1. The van der Waals surface area contributed by atoms with Gasteiger partial charge < -0.3 is 10.6 Å². The molecule has 0 aliphatic carbocycles. The van der Waals surface area contributed by atoms with Gasteiger partial charge in [-0.1, -0.05) is 0 Å². The summed E-state index contributed by atoms with van der Waals surface area (Å²) in [6.45, 7) is 1.82.